The Morgan fingerprint density at radius 1 is 1.42 bits per heavy atom. The molecular weight excluding hydrogens is 326 g/mol. The van der Waals surface area contributed by atoms with Crippen molar-refractivity contribution in [2.45, 2.75) is 51.2 Å². The molecule has 1 amide bonds. The van der Waals surface area contributed by atoms with E-state index in [2.05, 4.69) is 10.7 Å². The highest BCUT2D eigenvalue weighted by molar-refractivity contribution is 7.09. The summed E-state index contributed by atoms with van der Waals surface area (Å²) in [6, 6.07) is 0. The van der Waals surface area contributed by atoms with Gasteiger partial charge in [0.2, 0.25) is 0 Å². The van der Waals surface area contributed by atoms with E-state index in [4.69, 9.17) is 14.5 Å². The second-order valence-electron chi connectivity index (χ2n) is 7.42. The average Bonchev–Trinajstić information content (AvgIpc) is 3.04. The molecule has 2 saturated heterocycles. The van der Waals surface area contributed by atoms with Gasteiger partial charge in [0.1, 0.15) is 11.7 Å². The number of hydrogen-bond donors (Lipinski definition) is 1. The fraction of sp³-hybridized carbons (Fsp3) is 0.765. The van der Waals surface area contributed by atoms with Gasteiger partial charge in [0.15, 0.2) is 0 Å². The summed E-state index contributed by atoms with van der Waals surface area (Å²) in [6.45, 7) is 9.65. The van der Waals surface area contributed by atoms with Gasteiger partial charge in [-0.05, 0) is 33.6 Å². The highest BCUT2D eigenvalue weighted by atomic mass is 32.1. The van der Waals surface area contributed by atoms with Crippen LogP contribution in [0.2, 0.25) is 0 Å². The smallest absolute Gasteiger partial charge is 0.410 e. The van der Waals surface area contributed by atoms with Crippen LogP contribution in [0.5, 0.6) is 0 Å². The fourth-order valence-corrected chi connectivity index (χ4v) is 4.06. The van der Waals surface area contributed by atoms with Crippen molar-refractivity contribution in [3.63, 3.8) is 0 Å². The minimum absolute atomic E-state index is 0.0746. The summed E-state index contributed by atoms with van der Waals surface area (Å²) >= 11 is 1.72. The zero-order valence-electron chi connectivity index (χ0n) is 14.7. The maximum Gasteiger partial charge on any atom is 0.410 e. The van der Waals surface area contributed by atoms with Gasteiger partial charge in [0, 0.05) is 37.5 Å². The van der Waals surface area contributed by atoms with Gasteiger partial charge in [-0.1, -0.05) is 0 Å². The zero-order valence-corrected chi connectivity index (χ0v) is 15.5. The molecule has 3 heterocycles. The van der Waals surface area contributed by atoms with Crippen LogP contribution < -0.4 is 5.32 Å². The van der Waals surface area contributed by atoms with E-state index >= 15 is 0 Å². The van der Waals surface area contributed by atoms with E-state index in [1.165, 1.54) is 5.01 Å². The van der Waals surface area contributed by atoms with Crippen LogP contribution in [0, 0.1) is 0 Å². The van der Waals surface area contributed by atoms with Gasteiger partial charge in [0.05, 0.1) is 17.3 Å². The lowest BCUT2D eigenvalue weighted by atomic mass is 9.98. The van der Waals surface area contributed by atoms with Crippen molar-refractivity contribution >= 4 is 17.4 Å². The molecule has 1 unspecified atom stereocenters. The summed E-state index contributed by atoms with van der Waals surface area (Å²) in [5.74, 6) is 0.430. The number of rotatable bonds is 2. The molecular formula is C17H27N3O3S. The van der Waals surface area contributed by atoms with E-state index in [-0.39, 0.29) is 12.2 Å². The van der Waals surface area contributed by atoms with Crippen LogP contribution in [-0.2, 0) is 9.47 Å². The summed E-state index contributed by atoms with van der Waals surface area (Å²) in [5, 5.41) is 6.63. The number of nitrogens with zero attached hydrogens (tertiary/aromatic N) is 2. The number of carbonyl (C=O) groups excluding carboxylic acids is 1. The molecule has 2 aliphatic rings. The van der Waals surface area contributed by atoms with E-state index in [1.54, 1.807) is 11.3 Å². The topological polar surface area (TPSA) is 63.7 Å². The standard InChI is InChI=1S/C17H27N3O3S/c1-17(2,3)23-16(21)20-7-4-12(5-8-20)15-19-13(11-24-15)14-10-18-6-9-22-14/h11-12,14,18H,4-10H2,1-3H3. The monoisotopic (exact) mass is 353 g/mol. The molecule has 2 aliphatic heterocycles. The number of likely N-dealkylation sites (tertiary alicyclic amines) is 1. The lowest BCUT2D eigenvalue weighted by molar-refractivity contribution is 0.0203. The van der Waals surface area contributed by atoms with Crippen molar-refractivity contribution in [2.75, 3.05) is 32.8 Å². The Hall–Kier alpha value is -1.18. The van der Waals surface area contributed by atoms with Crippen LogP contribution in [0.3, 0.4) is 0 Å². The third kappa shape index (κ3) is 4.46. The molecule has 134 valence electrons. The molecule has 1 aromatic heterocycles. The van der Waals surface area contributed by atoms with E-state index in [9.17, 15) is 4.79 Å². The first-order valence-corrected chi connectivity index (χ1v) is 9.56. The van der Waals surface area contributed by atoms with Crippen LogP contribution in [0.15, 0.2) is 5.38 Å². The quantitative estimate of drug-likeness (QED) is 0.886. The van der Waals surface area contributed by atoms with E-state index in [1.807, 2.05) is 25.7 Å². The molecule has 1 N–H and O–H groups in total. The number of hydrogen-bond acceptors (Lipinski definition) is 6. The highest BCUT2D eigenvalue weighted by Crippen LogP contribution is 2.32. The number of thiazole rings is 1. The van der Waals surface area contributed by atoms with Crippen LogP contribution >= 0.6 is 11.3 Å². The molecule has 0 radical (unpaired) electrons. The van der Waals surface area contributed by atoms with Crippen LogP contribution in [-0.4, -0.2) is 54.4 Å². The number of ether oxygens (including phenoxy) is 2. The fourth-order valence-electron chi connectivity index (χ4n) is 3.03. The van der Waals surface area contributed by atoms with Gasteiger partial charge in [0.25, 0.3) is 0 Å². The summed E-state index contributed by atoms with van der Waals surface area (Å²) in [7, 11) is 0. The average molecular weight is 353 g/mol. The molecule has 0 bridgehead atoms. The van der Waals surface area contributed by atoms with E-state index < -0.39 is 5.60 Å². The molecule has 1 atom stereocenters. The predicted molar refractivity (Wildman–Crippen MR) is 93.5 cm³/mol. The molecule has 0 aliphatic carbocycles. The van der Waals surface area contributed by atoms with Gasteiger partial charge in [-0.2, -0.15) is 0 Å². The lowest BCUT2D eigenvalue weighted by Crippen LogP contribution is -2.41. The Balaban J connectivity index is 1.53. The Bertz CT molecular complexity index is 556. The second-order valence-corrected chi connectivity index (χ2v) is 8.31. The van der Waals surface area contributed by atoms with Crippen molar-refractivity contribution in [3.05, 3.63) is 16.1 Å². The Morgan fingerprint density at radius 3 is 2.79 bits per heavy atom. The number of nitrogens with one attached hydrogen (secondary N) is 1. The van der Waals surface area contributed by atoms with Gasteiger partial charge in [-0.15, -0.1) is 11.3 Å². The number of amides is 1. The lowest BCUT2D eigenvalue weighted by Gasteiger charge is -2.32. The normalized spacial score (nSPS) is 23.3. The highest BCUT2D eigenvalue weighted by Gasteiger charge is 2.29. The molecule has 2 fully saturated rings. The first-order valence-electron chi connectivity index (χ1n) is 8.68. The van der Waals surface area contributed by atoms with Gasteiger partial charge >= 0.3 is 6.09 Å². The molecule has 7 heteroatoms. The first-order chi connectivity index (χ1) is 11.4. The van der Waals surface area contributed by atoms with Gasteiger partial charge in [-0.25, -0.2) is 9.78 Å². The molecule has 3 rings (SSSR count). The molecule has 24 heavy (non-hydrogen) atoms. The van der Waals surface area contributed by atoms with Crippen molar-refractivity contribution in [2.24, 2.45) is 0 Å². The SMILES string of the molecule is CC(C)(C)OC(=O)N1CCC(c2nc(C3CNCCO3)cs2)CC1. The van der Waals surface area contributed by atoms with E-state index in [0.717, 1.165) is 51.3 Å². The van der Waals surface area contributed by atoms with Crippen LogP contribution in [0.4, 0.5) is 4.79 Å². The molecule has 0 saturated carbocycles. The minimum atomic E-state index is -0.438. The third-order valence-electron chi connectivity index (χ3n) is 4.29. The summed E-state index contributed by atoms with van der Waals surface area (Å²) in [5.41, 5.74) is 0.600. The van der Waals surface area contributed by atoms with Crippen molar-refractivity contribution in [1.29, 1.82) is 0 Å². The van der Waals surface area contributed by atoms with Crippen LogP contribution in [0.25, 0.3) is 0 Å². The Morgan fingerprint density at radius 2 is 2.17 bits per heavy atom. The number of carbonyl (C=O) groups is 1. The molecule has 0 spiro atoms. The largest absolute Gasteiger partial charge is 0.444 e. The summed E-state index contributed by atoms with van der Waals surface area (Å²) in [4.78, 5) is 18.8. The predicted octanol–water partition coefficient (Wildman–Crippen LogP) is 2.92. The third-order valence-corrected chi connectivity index (χ3v) is 5.32. The van der Waals surface area contributed by atoms with Crippen molar-refractivity contribution in [1.82, 2.24) is 15.2 Å². The van der Waals surface area contributed by atoms with E-state index in [0.29, 0.717) is 5.92 Å². The second kappa shape index (κ2) is 7.37. The Kier molecular flexibility index (Phi) is 5.42. The zero-order chi connectivity index (χ0) is 17.2. The molecule has 0 aromatic carbocycles. The summed E-state index contributed by atoms with van der Waals surface area (Å²) in [6.07, 6.45) is 1.75. The minimum Gasteiger partial charge on any atom is -0.444 e. The molecule has 1 aromatic rings. The van der Waals surface area contributed by atoms with Crippen molar-refractivity contribution in [3.8, 4) is 0 Å². The van der Waals surface area contributed by atoms with Crippen LogP contribution in [0.1, 0.15) is 56.3 Å². The number of morpholine rings is 1. The first kappa shape index (κ1) is 17.6. The Labute approximate surface area is 147 Å². The maximum atomic E-state index is 12.1. The van der Waals surface area contributed by atoms with Gasteiger partial charge in [-0.3, -0.25) is 0 Å². The molecule has 6 nitrogen and oxygen atoms in total. The maximum absolute atomic E-state index is 12.1. The number of piperidine rings is 1. The summed E-state index contributed by atoms with van der Waals surface area (Å²) < 4.78 is 11.2. The van der Waals surface area contributed by atoms with Gasteiger partial charge < -0.3 is 19.7 Å². The number of aromatic nitrogens is 1. The van der Waals surface area contributed by atoms with Crippen molar-refractivity contribution < 1.29 is 14.3 Å².